The lowest BCUT2D eigenvalue weighted by atomic mass is 10.1. The van der Waals surface area contributed by atoms with Gasteiger partial charge in [-0.3, -0.25) is 4.79 Å². The minimum Gasteiger partial charge on any atom is -0.493 e. The molecule has 0 aliphatic rings. The number of hydrogen-bond acceptors (Lipinski definition) is 7. The van der Waals surface area contributed by atoms with Gasteiger partial charge in [0.25, 0.3) is 0 Å². The molecule has 29 heavy (non-hydrogen) atoms. The topological polar surface area (TPSA) is 99.9 Å². The van der Waals surface area contributed by atoms with Crippen LogP contribution in [0.1, 0.15) is 16.1 Å². The Morgan fingerprint density at radius 2 is 1.69 bits per heavy atom. The van der Waals surface area contributed by atoms with Crippen molar-refractivity contribution >= 4 is 17.6 Å². The van der Waals surface area contributed by atoms with E-state index in [9.17, 15) is 9.59 Å². The predicted octanol–water partition coefficient (Wildman–Crippen LogP) is 3.33. The second kappa shape index (κ2) is 8.92. The molecule has 0 bridgehead atoms. The molecule has 150 valence electrons. The standard InChI is InChI=1S/C21H20N2O6/c1-26-17-9-6-14(10-19(17)27-2)18-11-16(23-29-18)12-20(24)22-15-7-4-13(5-8-15)21(25)28-3/h4-11H,12H2,1-3H3,(H,22,24). The maximum atomic E-state index is 12.3. The Hall–Kier alpha value is -3.81. The van der Waals surface area contributed by atoms with Gasteiger partial charge in [-0.05, 0) is 42.5 Å². The lowest BCUT2D eigenvalue weighted by molar-refractivity contribution is -0.115. The van der Waals surface area contributed by atoms with Gasteiger partial charge in [-0.1, -0.05) is 5.16 Å². The fourth-order valence-corrected chi connectivity index (χ4v) is 2.70. The molecular formula is C21H20N2O6. The van der Waals surface area contributed by atoms with Gasteiger partial charge in [0.05, 0.1) is 39.0 Å². The molecule has 0 fully saturated rings. The van der Waals surface area contributed by atoms with Crippen LogP contribution >= 0.6 is 0 Å². The van der Waals surface area contributed by atoms with E-state index in [1.165, 1.54) is 7.11 Å². The number of nitrogens with one attached hydrogen (secondary N) is 1. The molecule has 3 rings (SSSR count). The Balaban J connectivity index is 1.65. The number of benzene rings is 2. The van der Waals surface area contributed by atoms with Crippen LogP contribution in [0.15, 0.2) is 53.1 Å². The number of carbonyl (C=O) groups is 2. The number of nitrogens with zero attached hydrogens (tertiary/aromatic N) is 1. The van der Waals surface area contributed by atoms with Gasteiger partial charge in [0.2, 0.25) is 5.91 Å². The second-order valence-electron chi connectivity index (χ2n) is 6.05. The van der Waals surface area contributed by atoms with Crippen LogP contribution < -0.4 is 14.8 Å². The Morgan fingerprint density at radius 1 is 0.966 bits per heavy atom. The van der Waals surface area contributed by atoms with Gasteiger partial charge < -0.3 is 24.1 Å². The normalized spacial score (nSPS) is 10.3. The lowest BCUT2D eigenvalue weighted by Gasteiger charge is -2.07. The van der Waals surface area contributed by atoms with E-state index in [0.29, 0.717) is 34.2 Å². The summed E-state index contributed by atoms with van der Waals surface area (Å²) in [5.41, 5.74) is 2.20. The number of anilines is 1. The van der Waals surface area contributed by atoms with Crippen molar-refractivity contribution in [1.82, 2.24) is 5.16 Å². The Morgan fingerprint density at radius 3 is 2.34 bits per heavy atom. The van der Waals surface area contributed by atoms with Gasteiger partial charge in [-0.25, -0.2) is 4.79 Å². The summed E-state index contributed by atoms with van der Waals surface area (Å²) >= 11 is 0. The van der Waals surface area contributed by atoms with E-state index in [1.807, 2.05) is 6.07 Å². The van der Waals surface area contributed by atoms with Crippen molar-refractivity contribution in [3.63, 3.8) is 0 Å². The molecule has 0 aliphatic heterocycles. The van der Waals surface area contributed by atoms with E-state index >= 15 is 0 Å². The number of hydrogen-bond donors (Lipinski definition) is 1. The fraction of sp³-hybridized carbons (Fsp3) is 0.190. The van der Waals surface area contributed by atoms with Crippen molar-refractivity contribution in [3.05, 3.63) is 59.8 Å². The predicted molar refractivity (Wildman–Crippen MR) is 105 cm³/mol. The molecular weight excluding hydrogens is 376 g/mol. The minimum atomic E-state index is -0.437. The van der Waals surface area contributed by atoms with Crippen LogP contribution in [-0.4, -0.2) is 38.4 Å². The van der Waals surface area contributed by atoms with Crippen LogP contribution in [0.3, 0.4) is 0 Å². The molecule has 1 aromatic heterocycles. The molecule has 0 radical (unpaired) electrons. The lowest BCUT2D eigenvalue weighted by Crippen LogP contribution is -2.14. The number of methoxy groups -OCH3 is 3. The first-order valence-electron chi connectivity index (χ1n) is 8.70. The zero-order chi connectivity index (χ0) is 20.8. The summed E-state index contributed by atoms with van der Waals surface area (Å²) in [6, 6.07) is 13.5. The number of carbonyl (C=O) groups excluding carboxylic acids is 2. The van der Waals surface area contributed by atoms with Gasteiger partial charge in [-0.15, -0.1) is 0 Å². The van der Waals surface area contributed by atoms with E-state index in [-0.39, 0.29) is 12.3 Å². The van der Waals surface area contributed by atoms with Gasteiger partial charge >= 0.3 is 5.97 Å². The van der Waals surface area contributed by atoms with E-state index < -0.39 is 5.97 Å². The van der Waals surface area contributed by atoms with E-state index in [0.717, 1.165) is 5.56 Å². The van der Waals surface area contributed by atoms with Crippen LogP contribution in [0.25, 0.3) is 11.3 Å². The van der Waals surface area contributed by atoms with Crippen molar-refractivity contribution in [2.45, 2.75) is 6.42 Å². The van der Waals surface area contributed by atoms with Crippen molar-refractivity contribution in [3.8, 4) is 22.8 Å². The summed E-state index contributed by atoms with van der Waals surface area (Å²) in [5.74, 6) is 0.983. The highest BCUT2D eigenvalue weighted by atomic mass is 16.5. The van der Waals surface area contributed by atoms with Crippen LogP contribution in [0.5, 0.6) is 11.5 Å². The molecule has 1 heterocycles. The third kappa shape index (κ3) is 4.73. The number of esters is 1. The van der Waals surface area contributed by atoms with Crippen molar-refractivity contribution in [2.75, 3.05) is 26.6 Å². The molecule has 2 aromatic carbocycles. The average Bonchev–Trinajstić information content (AvgIpc) is 3.21. The maximum absolute atomic E-state index is 12.3. The van der Waals surface area contributed by atoms with Crippen LogP contribution in [0, 0.1) is 0 Å². The summed E-state index contributed by atoms with van der Waals surface area (Å²) in [4.78, 5) is 23.7. The van der Waals surface area contributed by atoms with Gasteiger partial charge in [0.15, 0.2) is 17.3 Å². The monoisotopic (exact) mass is 396 g/mol. The van der Waals surface area contributed by atoms with E-state index in [4.69, 9.17) is 14.0 Å². The Bertz CT molecular complexity index is 1010. The second-order valence-corrected chi connectivity index (χ2v) is 6.05. The quantitative estimate of drug-likeness (QED) is 0.612. The molecule has 0 spiro atoms. The molecule has 8 heteroatoms. The third-order valence-corrected chi connectivity index (χ3v) is 4.16. The number of aromatic nitrogens is 1. The first-order valence-corrected chi connectivity index (χ1v) is 8.70. The van der Waals surface area contributed by atoms with E-state index in [1.54, 1.807) is 56.7 Å². The molecule has 0 saturated carbocycles. The zero-order valence-electron chi connectivity index (χ0n) is 16.2. The molecule has 8 nitrogen and oxygen atoms in total. The highest BCUT2D eigenvalue weighted by molar-refractivity contribution is 5.93. The van der Waals surface area contributed by atoms with Crippen molar-refractivity contribution in [1.29, 1.82) is 0 Å². The van der Waals surface area contributed by atoms with Crippen LogP contribution in [0.4, 0.5) is 5.69 Å². The molecule has 0 aliphatic carbocycles. The zero-order valence-corrected chi connectivity index (χ0v) is 16.2. The summed E-state index contributed by atoms with van der Waals surface area (Å²) in [6.45, 7) is 0. The molecule has 0 saturated heterocycles. The van der Waals surface area contributed by atoms with Crippen molar-refractivity contribution in [2.24, 2.45) is 0 Å². The molecule has 3 aromatic rings. The summed E-state index contributed by atoms with van der Waals surface area (Å²) in [6.07, 6.45) is 0.0372. The molecule has 0 unspecified atom stereocenters. The van der Waals surface area contributed by atoms with E-state index in [2.05, 4.69) is 15.2 Å². The van der Waals surface area contributed by atoms with Gasteiger partial charge in [0.1, 0.15) is 0 Å². The Labute approximate surface area is 167 Å². The average molecular weight is 396 g/mol. The highest BCUT2D eigenvalue weighted by Gasteiger charge is 2.13. The van der Waals surface area contributed by atoms with Gasteiger partial charge in [-0.2, -0.15) is 0 Å². The van der Waals surface area contributed by atoms with Crippen molar-refractivity contribution < 1.29 is 28.3 Å². The fourth-order valence-electron chi connectivity index (χ4n) is 2.70. The summed E-state index contributed by atoms with van der Waals surface area (Å²) < 4.78 is 20.5. The van der Waals surface area contributed by atoms with Crippen LogP contribution in [-0.2, 0) is 16.0 Å². The maximum Gasteiger partial charge on any atom is 0.337 e. The smallest absolute Gasteiger partial charge is 0.337 e. The third-order valence-electron chi connectivity index (χ3n) is 4.16. The number of rotatable bonds is 7. The largest absolute Gasteiger partial charge is 0.493 e. The molecule has 1 N–H and O–H groups in total. The molecule has 0 atom stereocenters. The number of amides is 1. The SMILES string of the molecule is COC(=O)c1ccc(NC(=O)Cc2cc(-c3ccc(OC)c(OC)c3)on2)cc1. The first kappa shape index (κ1) is 19.9. The number of ether oxygens (including phenoxy) is 3. The van der Waals surface area contributed by atoms with Gasteiger partial charge in [0, 0.05) is 17.3 Å². The first-order chi connectivity index (χ1) is 14.0. The van der Waals surface area contributed by atoms with Crippen LogP contribution in [0.2, 0.25) is 0 Å². The highest BCUT2D eigenvalue weighted by Crippen LogP contribution is 2.32. The summed E-state index contributed by atoms with van der Waals surface area (Å²) in [5, 5.41) is 6.70. The Kier molecular flexibility index (Phi) is 6.13. The molecule has 1 amide bonds. The minimum absolute atomic E-state index is 0.0372. The summed E-state index contributed by atoms with van der Waals surface area (Å²) in [7, 11) is 4.42.